The number of thiazole rings is 3. The van der Waals surface area contributed by atoms with Crippen molar-refractivity contribution >= 4 is 92.0 Å². The van der Waals surface area contributed by atoms with Crippen LogP contribution in [0.4, 0.5) is 0 Å². The van der Waals surface area contributed by atoms with E-state index in [1.807, 2.05) is 143 Å². The molecule has 103 heavy (non-hydrogen) atoms. The van der Waals surface area contributed by atoms with Crippen LogP contribution in [0.1, 0.15) is 176 Å². The van der Waals surface area contributed by atoms with Gasteiger partial charge in [-0.05, 0) is 135 Å². The summed E-state index contributed by atoms with van der Waals surface area (Å²) in [6.45, 7) is 26.2. The number of nitrogens with zero attached hydrogens (tertiary/aromatic N) is 10. The number of rotatable bonds is 24. The highest BCUT2D eigenvalue weighted by Crippen LogP contribution is 2.38. The summed E-state index contributed by atoms with van der Waals surface area (Å²) in [5.74, 6) is -1.55. The molecule has 0 saturated carbocycles. The number of hydrogen-bond acceptors (Lipinski definition) is 21. The molecule has 9 heterocycles. The Bertz CT molecular complexity index is 4180. The number of aromatic amines is 1. The van der Waals surface area contributed by atoms with Gasteiger partial charge in [-0.25, -0.2) is 15.0 Å². The minimum absolute atomic E-state index is 0.00649. The lowest BCUT2D eigenvalue weighted by Gasteiger charge is -2.29. The van der Waals surface area contributed by atoms with Crippen LogP contribution in [-0.2, 0) is 41.6 Å². The number of H-pyrrole nitrogens is 1. The Morgan fingerprint density at radius 1 is 0.515 bits per heavy atom. The van der Waals surface area contributed by atoms with Crippen LogP contribution in [0.15, 0.2) is 101 Å². The molecule has 3 aliphatic rings. The largest absolute Gasteiger partial charge is 0.391 e. The van der Waals surface area contributed by atoms with Crippen LogP contribution in [-0.4, -0.2) is 161 Å². The van der Waals surface area contributed by atoms with Crippen molar-refractivity contribution in [2.75, 3.05) is 19.6 Å². The van der Waals surface area contributed by atoms with Crippen molar-refractivity contribution in [1.29, 1.82) is 0 Å². The molecule has 6 aromatic heterocycles. The monoisotopic (exact) mass is 1490 g/mol. The number of likely N-dealkylation sites (tertiary alicyclic amines) is 3. The summed E-state index contributed by atoms with van der Waals surface area (Å²) in [4.78, 5) is 102. The maximum atomic E-state index is 13.6. The molecule has 3 amide bonds. The number of aryl methyl sites for hydroxylation is 8. The first-order valence-electron chi connectivity index (χ1n) is 35.4. The molecule has 0 spiro atoms. The van der Waals surface area contributed by atoms with Gasteiger partial charge >= 0.3 is 0 Å². The van der Waals surface area contributed by atoms with E-state index in [4.69, 9.17) is 0 Å². The number of amides is 3. The molecule has 0 unspecified atom stereocenters. The molecule has 9 aromatic rings. The van der Waals surface area contributed by atoms with Gasteiger partial charge in [0.2, 0.25) is 17.7 Å². The molecule has 0 radical (unpaired) electrons. The minimum Gasteiger partial charge on any atom is -0.391 e. The molecule has 3 aromatic carbocycles. The van der Waals surface area contributed by atoms with E-state index in [0.717, 1.165) is 86.4 Å². The fourth-order valence-corrected chi connectivity index (χ4v) is 18.5. The number of carbonyl (C=O) groups excluding carboxylic acids is 6. The molecule has 3 aliphatic heterocycles. The highest BCUT2D eigenvalue weighted by Gasteiger charge is 2.46. The van der Waals surface area contributed by atoms with Crippen LogP contribution in [0.5, 0.6) is 0 Å². The predicted octanol–water partition coefficient (Wildman–Crippen LogP) is 13.6. The van der Waals surface area contributed by atoms with Gasteiger partial charge in [-0.1, -0.05) is 121 Å². The maximum Gasteiger partial charge on any atom is 0.233 e. The van der Waals surface area contributed by atoms with Crippen LogP contribution in [0.2, 0.25) is 0 Å². The molecule has 20 nitrogen and oxygen atoms in total. The van der Waals surface area contributed by atoms with Crippen LogP contribution < -0.4 is 0 Å². The normalized spacial score (nSPS) is 19.3. The summed E-state index contributed by atoms with van der Waals surface area (Å²) >= 11 is 7.61. The third kappa shape index (κ3) is 19.0. The van der Waals surface area contributed by atoms with Gasteiger partial charge in [0.1, 0.15) is 10.0 Å². The molecule has 25 heteroatoms. The lowest BCUT2D eigenvalue weighted by molar-refractivity contribution is -0.140. The van der Waals surface area contributed by atoms with Crippen LogP contribution in [0, 0.1) is 59.3 Å². The van der Waals surface area contributed by atoms with E-state index in [2.05, 4.69) is 88.3 Å². The number of ketones is 3. The van der Waals surface area contributed by atoms with Crippen molar-refractivity contribution in [3.8, 4) is 31.3 Å². The third-order valence-electron chi connectivity index (χ3n) is 19.6. The quantitative estimate of drug-likeness (QED) is 0.0437. The number of aliphatic hydroxyl groups is 3. The lowest BCUT2D eigenvalue weighted by atomic mass is 9.90. The van der Waals surface area contributed by atoms with E-state index in [1.54, 1.807) is 48.7 Å². The van der Waals surface area contributed by atoms with Crippen molar-refractivity contribution in [3.63, 3.8) is 0 Å². The Balaban J connectivity index is 0.000000166. The second-order valence-corrected chi connectivity index (χ2v) is 33.3. The number of aromatic nitrogens is 8. The Morgan fingerprint density at radius 2 is 0.922 bits per heavy atom. The molecule has 4 N–H and O–H groups in total. The number of aliphatic hydroxyl groups excluding tert-OH is 3. The van der Waals surface area contributed by atoms with Gasteiger partial charge in [0.25, 0.3) is 0 Å². The second kappa shape index (κ2) is 34.9. The summed E-state index contributed by atoms with van der Waals surface area (Å²) in [6, 6.07) is 26.8. The maximum absolute atomic E-state index is 13.6. The topological polar surface area (TPSA) is 279 Å². The number of Topliss-reactive ketones (excluding diaryl/α,β-unsaturated/α-hetero) is 3. The van der Waals surface area contributed by atoms with E-state index in [0.29, 0.717) is 55.6 Å². The van der Waals surface area contributed by atoms with Crippen molar-refractivity contribution in [3.05, 3.63) is 167 Å². The molecule has 0 aliphatic carbocycles. The molecule has 3 fully saturated rings. The van der Waals surface area contributed by atoms with E-state index in [-0.39, 0.29) is 90.7 Å². The first-order chi connectivity index (χ1) is 49.1. The summed E-state index contributed by atoms with van der Waals surface area (Å²) in [5, 5.41) is 48.0. The van der Waals surface area contributed by atoms with Gasteiger partial charge in [-0.15, -0.1) is 55.5 Å². The summed E-state index contributed by atoms with van der Waals surface area (Å²) < 4.78 is 4.35. The minimum atomic E-state index is -0.691. The molecule has 546 valence electrons. The molecule has 0 bridgehead atoms. The fraction of sp³-hybridized carbons (Fsp3) is 0.474. The standard InChI is InChI=1S/C27H33N3O3S2.C26H32N4O3S.C25H30N4O3S2/c1-15(2)25(24-11-17(4)29-35-24)27(33)30-13-21(31)12-22(30)23(32)10-16(3)19-6-8-20(9-7-19)26-18(5)28-14-34-26;1-15(2)24(21-11-16(3)28-29-21)26(33)30-13-20(31)12-22(30)23(32)10-7-18-5-8-19(9-6-18)25-17(4)27-14-34-25;1-14(2)22(24-28-27-16(4)34-24)25(32)29-12-19(30)11-20(29)21(31)10-7-17-5-8-18(9-6-17)23-15(3)26-13-33-23/h6-9,11,14-16,21-22,25,31H,10,12-13H2,1-5H3;5-6,8-9,11,14-15,20,22,24,31H,7,10,12-13H2,1-4H3,(H,28,29);5-6,8-9,13-14,19-20,22,30H,7,10-12H2,1-4H3/t16-,21-,22+,25-;20-,22+,24-;19-,20+,22-/m111/s1. The third-order valence-corrected chi connectivity index (χ3v) is 24.5. The molecule has 10 atom stereocenters. The van der Waals surface area contributed by atoms with Crippen molar-refractivity contribution in [2.24, 2.45) is 17.8 Å². The fourth-order valence-electron chi connectivity index (χ4n) is 14.1. The van der Waals surface area contributed by atoms with Gasteiger partial charge < -0.3 is 30.0 Å². The molecular formula is C78H95N11O9S5. The average molecular weight is 1490 g/mol. The highest BCUT2D eigenvalue weighted by atomic mass is 32.1. The number of carbonyl (C=O) groups is 6. The SMILES string of the molecule is Cc1cc([C@H](C(=O)N2C[C@H](O)C[C@H]2C(=O)CCc2ccc(-c3scnc3C)cc2)C(C)C)n[nH]1.Cc1cc([C@H](C(=O)N2C[C@H](O)C[C@H]2C(=O)C[C@@H](C)c2ccc(-c3scnc3C)cc2)C(C)C)sn1.Cc1nnc([C@H](C(=O)N2C[C@H](O)C[C@H]2C(=O)CCc2ccc(-c3scnc3C)cc2)C(C)C)s1. The zero-order valence-corrected chi connectivity index (χ0v) is 65.0. The van der Waals surface area contributed by atoms with Gasteiger partial charge in [-0.2, -0.15) is 9.47 Å². The number of β-amino-alcohol motifs (C(OH)–C–C–N with tert-alkyl or cyclic N) is 3. The Labute approximate surface area is 623 Å². The van der Waals surface area contributed by atoms with Gasteiger partial charge in [0, 0.05) is 68.7 Å². The van der Waals surface area contributed by atoms with E-state index in [1.165, 1.54) is 22.9 Å². The van der Waals surface area contributed by atoms with Crippen molar-refractivity contribution in [1.82, 2.24) is 54.4 Å². The Hall–Kier alpha value is -7.75. The van der Waals surface area contributed by atoms with E-state index < -0.39 is 48.3 Å². The lowest BCUT2D eigenvalue weighted by Crippen LogP contribution is -2.44. The number of nitrogens with one attached hydrogen (secondary N) is 1. The van der Waals surface area contributed by atoms with Crippen molar-refractivity contribution < 1.29 is 44.1 Å². The molecule has 3 saturated heterocycles. The molecule has 12 rings (SSSR count). The Kier molecular flexibility index (Phi) is 26.4. The number of benzene rings is 3. The van der Waals surface area contributed by atoms with Crippen LogP contribution in [0.3, 0.4) is 0 Å². The predicted molar refractivity (Wildman–Crippen MR) is 407 cm³/mol. The molecular weight excluding hydrogens is 1400 g/mol. The average Bonchev–Trinajstić information content (AvgIpc) is 1.69. The zero-order valence-electron chi connectivity index (χ0n) is 60.9. The second-order valence-electron chi connectivity index (χ2n) is 28.7. The van der Waals surface area contributed by atoms with E-state index in [9.17, 15) is 44.1 Å². The summed E-state index contributed by atoms with van der Waals surface area (Å²) in [5.41, 5.74) is 17.6. The summed E-state index contributed by atoms with van der Waals surface area (Å²) in [7, 11) is 0. The van der Waals surface area contributed by atoms with Crippen LogP contribution in [0.25, 0.3) is 31.3 Å². The van der Waals surface area contributed by atoms with Gasteiger partial charge in [0.15, 0.2) is 17.3 Å². The Morgan fingerprint density at radius 3 is 1.28 bits per heavy atom. The summed E-state index contributed by atoms with van der Waals surface area (Å²) in [6.07, 6.45) is 0.989. The van der Waals surface area contributed by atoms with Gasteiger partial charge in [0.05, 0.1) is 114 Å². The highest BCUT2D eigenvalue weighted by molar-refractivity contribution is 7.14. The van der Waals surface area contributed by atoms with Gasteiger partial charge in [-0.3, -0.25) is 33.9 Å². The van der Waals surface area contributed by atoms with Crippen LogP contribution >= 0.6 is 56.9 Å². The van der Waals surface area contributed by atoms with Crippen molar-refractivity contribution in [2.45, 2.75) is 201 Å². The number of hydrogen-bond donors (Lipinski definition) is 4. The first kappa shape index (κ1) is 77.9. The van der Waals surface area contributed by atoms with E-state index >= 15 is 0 Å². The zero-order chi connectivity index (χ0) is 74.1. The smallest absolute Gasteiger partial charge is 0.233 e. The first-order valence-corrected chi connectivity index (χ1v) is 39.6.